The molecule has 3 aliphatic carbocycles. The Balaban J connectivity index is 1.17. The number of nitrogens with one attached hydrogen (secondary N) is 1. The zero-order valence-corrected chi connectivity index (χ0v) is 21.3. The summed E-state index contributed by atoms with van der Waals surface area (Å²) in [6.07, 6.45) is 7.66. The van der Waals surface area contributed by atoms with Gasteiger partial charge >= 0.3 is 7.12 Å². The van der Waals surface area contributed by atoms with Gasteiger partial charge in [-0.2, -0.15) is 0 Å². The molecule has 3 saturated carbocycles. The van der Waals surface area contributed by atoms with Gasteiger partial charge in [0.05, 0.1) is 47.1 Å². The van der Waals surface area contributed by atoms with Crippen molar-refractivity contribution in [2.75, 3.05) is 0 Å². The second kappa shape index (κ2) is 7.73. The fraction of sp³-hybridized carbons (Fsp3) is 0.667. The maximum atomic E-state index is 13.5. The number of furan rings is 1. The maximum absolute atomic E-state index is 13.5. The first-order valence-electron chi connectivity index (χ1n) is 13.2. The highest BCUT2D eigenvalue weighted by molar-refractivity contribution is 6.48. The molecule has 186 valence electrons. The molecule has 3 aliphatic heterocycles. The first-order valence-corrected chi connectivity index (χ1v) is 13.6. The van der Waals surface area contributed by atoms with Crippen molar-refractivity contribution in [1.82, 2.24) is 5.32 Å². The summed E-state index contributed by atoms with van der Waals surface area (Å²) in [4.78, 5) is 13.5. The van der Waals surface area contributed by atoms with Crippen LogP contribution in [0.2, 0.25) is 5.02 Å². The summed E-state index contributed by atoms with van der Waals surface area (Å²) >= 11 is 6.36. The third kappa shape index (κ3) is 3.31. The van der Waals surface area contributed by atoms with E-state index in [1.807, 2.05) is 18.2 Å². The van der Waals surface area contributed by atoms with Gasteiger partial charge in [-0.3, -0.25) is 4.79 Å². The minimum Gasteiger partial charge on any atom is -0.462 e. The number of ether oxygens (including phenoxy) is 1. The van der Waals surface area contributed by atoms with Gasteiger partial charge < -0.3 is 23.8 Å². The molecule has 1 aromatic carbocycles. The topological polar surface area (TPSA) is 69.9 Å². The van der Waals surface area contributed by atoms with Crippen molar-refractivity contribution in [3.8, 4) is 0 Å². The van der Waals surface area contributed by atoms with E-state index in [9.17, 15) is 4.79 Å². The van der Waals surface area contributed by atoms with E-state index in [-0.39, 0.29) is 47.1 Å². The van der Waals surface area contributed by atoms with Crippen LogP contribution in [0.5, 0.6) is 0 Å². The molecular formula is C27H33BClNO5. The Kier molecular flexibility index (Phi) is 5.00. The predicted molar refractivity (Wildman–Crippen MR) is 133 cm³/mol. The zero-order chi connectivity index (χ0) is 24.1. The summed E-state index contributed by atoms with van der Waals surface area (Å²) in [5.41, 5.74) is 1.60. The van der Waals surface area contributed by atoms with Crippen LogP contribution < -0.4 is 5.32 Å². The number of para-hydroxylation sites is 1. The number of hydrogen-bond donors (Lipinski definition) is 1. The third-order valence-electron chi connectivity index (χ3n) is 10.1. The van der Waals surface area contributed by atoms with Gasteiger partial charge in [-0.15, -0.1) is 0 Å². The molecule has 8 heteroatoms. The van der Waals surface area contributed by atoms with Crippen LogP contribution in [0.1, 0.15) is 58.4 Å². The number of carbonyl (C=O) groups is 1. The molecule has 35 heavy (non-hydrogen) atoms. The second-order valence-electron chi connectivity index (χ2n) is 12.2. The Hall–Kier alpha value is -1.54. The van der Waals surface area contributed by atoms with Gasteiger partial charge in [0.15, 0.2) is 5.58 Å². The lowest BCUT2D eigenvalue weighted by Gasteiger charge is -2.64. The SMILES string of the molecule is CC1(C)[C@@H]2C[C@H]3OB([C@H](Cc4coc5c(Cl)cccc45)NC(=O)[C@@H]4C[C@H]5CC[C@@H]4O5)O[C@@]3(C)[C@H]1C2. The van der Waals surface area contributed by atoms with Gasteiger partial charge in [0.1, 0.15) is 0 Å². The van der Waals surface area contributed by atoms with E-state index in [2.05, 4.69) is 26.1 Å². The van der Waals surface area contributed by atoms with Gasteiger partial charge in [-0.05, 0) is 74.3 Å². The van der Waals surface area contributed by atoms with Crippen LogP contribution >= 0.6 is 11.6 Å². The zero-order valence-electron chi connectivity index (χ0n) is 20.6. The summed E-state index contributed by atoms with van der Waals surface area (Å²) in [7, 11) is -0.507. The van der Waals surface area contributed by atoms with Crippen LogP contribution in [0, 0.1) is 23.2 Å². The van der Waals surface area contributed by atoms with Crippen molar-refractivity contribution in [3.63, 3.8) is 0 Å². The van der Waals surface area contributed by atoms with E-state index < -0.39 is 7.12 Å². The standard InChI is InChI=1S/C27H33BClNO5/c1-26(2)15-10-21(26)27(3)22(11-15)34-28(35-27)23(30-25(31)18-12-16-7-8-20(18)33-16)9-14-13-32-24-17(14)5-4-6-19(24)29/h4-6,13,15-16,18,20-23H,7-12H2,1-3H3,(H,30,31)/t15-,16+,18+,20-,21-,22+,23-,27-/m0/s1. The first kappa shape index (κ1) is 22.6. The molecule has 0 unspecified atom stereocenters. The van der Waals surface area contributed by atoms with Crippen LogP contribution in [0.25, 0.3) is 11.0 Å². The second-order valence-corrected chi connectivity index (χ2v) is 12.7. The van der Waals surface area contributed by atoms with Crippen molar-refractivity contribution in [3.05, 3.63) is 35.0 Å². The molecule has 8 rings (SSSR count). The molecule has 6 fully saturated rings. The summed E-state index contributed by atoms with van der Waals surface area (Å²) in [5, 5.41) is 4.88. The lowest BCUT2D eigenvalue weighted by Crippen LogP contribution is -2.65. The predicted octanol–water partition coefficient (Wildman–Crippen LogP) is 4.95. The number of fused-ring (bicyclic) bond motifs is 3. The molecular weight excluding hydrogens is 465 g/mol. The first-order chi connectivity index (χ1) is 16.7. The minimum atomic E-state index is -0.507. The molecule has 2 aromatic rings. The van der Waals surface area contributed by atoms with Crippen LogP contribution in [0.4, 0.5) is 0 Å². The summed E-state index contributed by atoms with van der Waals surface area (Å²) in [6, 6.07) is 5.77. The van der Waals surface area contributed by atoms with E-state index in [1.54, 1.807) is 6.26 Å². The molecule has 3 saturated heterocycles. The van der Waals surface area contributed by atoms with Crippen molar-refractivity contribution in [1.29, 1.82) is 0 Å². The Morgan fingerprint density at radius 3 is 2.83 bits per heavy atom. The highest BCUT2D eigenvalue weighted by Crippen LogP contribution is 2.65. The van der Waals surface area contributed by atoms with Gasteiger partial charge in [0.2, 0.25) is 5.91 Å². The number of halogens is 1. The van der Waals surface area contributed by atoms with Crippen LogP contribution in [0.15, 0.2) is 28.9 Å². The maximum Gasteiger partial charge on any atom is 0.482 e. The number of benzene rings is 1. The average molecular weight is 498 g/mol. The van der Waals surface area contributed by atoms with Gasteiger partial charge in [-0.1, -0.05) is 37.6 Å². The van der Waals surface area contributed by atoms with E-state index >= 15 is 0 Å². The molecule has 0 spiro atoms. The summed E-state index contributed by atoms with van der Waals surface area (Å²) in [6.45, 7) is 6.94. The molecule has 8 atom stereocenters. The molecule has 6 nitrogen and oxygen atoms in total. The Morgan fingerprint density at radius 1 is 1.23 bits per heavy atom. The Morgan fingerprint density at radius 2 is 2.09 bits per heavy atom. The largest absolute Gasteiger partial charge is 0.482 e. The highest BCUT2D eigenvalue weighted by atomic mass is 35.5. The van der Waals surface area contributed by atoms with Crippen LogP contribution in [0.3, 0.4) is 0 Å². The van der Waals surface area contributed by atoms with E-state index in [0.29, 0.717) is 28.9 Å². The molecule has 1 amide bonds. The van der Waals surface area contributed by atoms with Crippen molar-refractivity contribution < 1.29 is 23.3 Å². The van der Waals surface area contributed by atoms with E-state index in [4.69, 9.17) is 30.1 Å². The van der Waals surface area contributed by atoms with Crippen molar-refractivity contribution >= 4 is 35.6 Å². The average Bonchev–Trinajstić information content (AvgIpc) is 3.60. The lowest BCUT2D eigenvalue weighted by molar-refractivity contribution is -0.199. The summed E-state index contributed by atoms with van der Waals surface area (Å²) < 4.78 is 25.2. The Labute approximate surface area is 211 Å². The monoisotopic (exact) mass is 497 g/mol. The van der Waals surface area contributed by atoms with Gasteiger partial charge in [0, 0.05) is 5.39 Å². The fourth-order valence-electron chi connectivity index (χ4n) is 7.96. The van der Waals surface area contributed by atoms with E-state index in [0.717, 1.165) is 36.6 Å². The fourth-order valence-corrected chi connectivity index (χ4v) is 8.18. The van der Waals surface area contributed by atoms with Crippen molar-refractivity contribution in [2.24, 2.45) is 23.2 Å². The van der Waals surface area contributed by atoms with Crippen LogP contribution in [-0.4, -0.2) is 42.9 Å². The molecule has 1 N–H and O–H groups in total. The third-order valence-corrected chi connectivity index (χ3v) is 10.4. The number of carbonyl (C=O) groups excluding carboxylic acids is 1. The quantitative estimate of drug-likeness (QED) is 0.592. The molecule has 4 bridgehead atoms. The number of amides is 1. The number of hydrogen-bond acceptors (Lipinski definition) is 5. The summed E-state index contributed by atoms with van der Waals surface area (Å²) in [5.74, 6) is 0.756. The Bertz CT molecular complexity index is 1180. The lowest BCUT2D eigenvalue weighted by atomic mass is 9.43. The van der Waals surface area contributed by atoms with Gasteiger partial charge in [0.25, 0.3) is 0 Å². The van der Waals surface area contributed by atoms with E-state index in [1.165, 1.54) is 6.42 Å². The van der Waals surface area contributed by atoms with Crippen molar-refractivity contribution in [2.45, 2.75) is 89.2 Å². The highest BCUT2D eigenvalue weighted by Gasteiger charge is 2.68. The number of rotatable bonds is 5. The molecule has 6 aliphatic rings. The molecule has 1 aromatic heterocycles. The normalized spacial score (nSPS) is 39.5. The minimum absolute atomic E-state index is 0.0350. The smallest absolute Gasteiger partial charge is 0.462 e. The van der Waals surface area contributed by atoms with Crippen LogP contribution in [-0.2, 0) is 25.3 Å². The molecule has 0 radical (unpaired) electrons. The van der Waals surface area contributed by atoms with Gasteiger partial charge in [-0.25, -0.2) is 0 Å². The molecule has 4 heterocycles.